The average Bonchev–Trinajstić information content (AvgIpc) is 3.40. The number of carbonyl (C=O) groups is 1. The van der Waals surface area contributed by atoms with Crippen molar-refractivity contribution in [3.63, 3.8) is 0 Å². The van der Waals surface area contributed by atoms with Crippen LogP contribution in [0.5, 0.6) is 5.75 Å². The van der Waals surface area contributed by atoms with E-state index in [1.807, 2.05) is 36.4 Å². The second-order valence-corrected chi connectivity index (χ2v) is 6.19. The summed E-state index contributed by atoms with van der Waals surface area (Å²) in [6.07, 6.45) is 3.57. The molecule has 0 aliphatic heterocycles. The topological polar surface area (TPSA) is 38.3 Å². The summed E-state index contributed by atoms with van der Waals surface area (Å²) >= 11 is 0. The van der Waals surface area contributed by atoms with Crippen molar-refractivity contribution >= 4 is 5.91 Å². The Balaban J connectivity index is 1.36. The summed E-state index contributed by atoms with van der Waals surface area (Å²) in [5.74, 6) is 0.970. The molecule has 0 saturated heterocycles. The van der Waals surface area contributed by atoms with Crippen molar-refractivity contribution in [1.82, 2.24) is 5.32 Å². The highest BCUT2D eigenvalue weighted by atomic mass is 16.5. The first-order chi connectivity index (χ1) is 11.3. The average molecular weight is 309 g/mol. The smallest absolute Gasteiger partial charge is 0.220 e. The van der Waals surface area contributed by atoms with Gasteiger partial charge in [0, 0.05) is 18.4 Å². The zero-order valence-electron chi connectivity index (χ0n) is 13.3. The molecule has 2 aromatic rings. The Morgan fingerprint density at radius 3 is 2.30 bits per heavy atom. The first-order valence-electron chi connectivity index (χ1n) is 8.29. The number of hydrogen-bond acceptors (Lipinski definition) is 2. The van der Waals surface area contributed by atoms with Crippen LogP contribution in [0.2, 0.25) is 0 Å². The highest BCUT2D eigenvalue weighted by molar-refractivity contribution is 5.76. The van der Waals surface area contributed by atoms with E-state index in [-0.39, 0.29) is 11.3 Å². The fourth-order valence-corrected chi connectivity index (χ4v) is 2.81. The molecule has 0 bridgehead atoms. The lowest BCUT2D eigenvalue weighted by Crippen LogP contribution is -2.32. The molecule has 0 spiro atoms. The molecule has 0 aromatic heterocycles. The van der Waals surface area contributed by atoms with Crippen molar-refractivity contribution in [2.24, 2.45) is 0 Å². The Morgan fingerprint density at radius 2 is 1.65 bits per heavy atom. The molecule has 1 aliphatic carbocycles. The Morgan fingerprint density at radius 1 is 1.00 bits per heavy atom. The zero-order chi connectivity index (χ0) is 16.0. The van der Waals surface area contributed by atoms with Crippen LogP contribution >= 0.6 is 0 Å². The standard InChI is InChI=1S/C20H23NO2/c22-19(12-7-15-23-18-10-5-2-6-11-18)21-16-20(13-14-20)17-8-3-1-4-9-17/h1-6,8-11H,7,12-16H2,(H,21,22). The third-order valence-electron chi connectivity index (χ3n) is 4.42. The summed E-state index contributed by atoms with van der Waals surface area (Å²) in [7, 11) is 0. The van der Waals surface area contributed by atoms with Crippen molar-refractivity contribution in [3.05, 3.63) is 66.2 Å². The number of carbonyl (C=O) groups excluding carboxylic acids is 1. The number of ether oxygens (including phenoxy) is 1. The minimum absolute atomic E-state index is 0.115. The minimum atomic E-state index is 0.115. The highest BCUT2D eigenvalue weighted by Crippen LogP contribution is 2.47. The molecule has 2 aromatic carbocycles. The molecule has 0 unspecified atom stereocenters. The molecule has 3 nitrogen and oxygen atoms in total. The van der Waals surface area contributed by atoms with Gasteiger partial charge in [-0.15, -0.1) is 0 Å². The van der Waals surface area contributed by atoms with Crippen LogP contribution < -0.4 is 10.1 Å². The van der Waals surface area contributed by atoms with Crippen molar-refractivity contribution < 1.29 is 9.53 Å². The van der Waals surface area contributed by atoms with Crippen LogP contribution in [-0.4, -0.2) is 19.1 Å². The van der Waals surface area contributed by atoms with Gasteiger partial charge in [-0.25, -0.2) is 0 Å². The van der Waals surface area contributed by atoms with Gasteiger partial charge in [-0.3, -0.25) is 4.79 Å². The van der Waals surface area contributed by atoms with E-state index < -0.39 is 0 Å². The molecular weight excluding hydrogens is 286 g/mol. The lowest BCUT2D eigenvalue weighted by molar-refractivity contribution is -0.121. The molecule has 23 heavy (non-hydrogen) atoms. The molecule has 0 radical (unpaired) electrons. The van der Waals surface area contributed by atoms with E-state index in [1.54, 1.807) is 0 Å². The van der Waals surface area contributed by atoms with Crippen molar-refractivity contribution in [1.29, 1.82) is 0 Å². The Bertz CT molecular complexity index is 621. The lowest BCUT2D eigenvalue weighted by atomic mass is 9.96. The molecular formula is C20H23NO2. The van der Waals surface area contributed by atoms with Gasteiger partial charge in [-0.2, -0.15) is 0 Å². The monoisotopic (exact) mass is 309 g/mol. The van der Waals surface area contributed by atoms with Crippen LogP contribution in [0.25, 0.3) is 0 Å². The van der Waals surface area contributed by atoms with Gasteiger partial charge in [0.1, 0.15) is 5.75 Å². The molecule has 1 saturated carbocycles. The van der Waals surface area contributed by atoms with Crippen LogP contribution in [-0.2, 0) is 10.2 Å². The number of hydrogen-bond donors (Lipinski definition) is 1. The molecule has 120 valence electrons. The SMILES string of the molecule is O=C(CCCOc1ccccc1)NCC1(c2ccccc2)CC1. The van der Waals surface area contributed by atoms with Crippen LogP contribution in [0.1, 0.15) is 31.2 Å². The fraction of sp³-hybridized carbons (Fsp3) is 0.350. The Kier molecular flexibility index (Phi) is 4.96. The largest absolute Gasteiger partial charge is 0.494 e. The number of amides is 1. The van der Waals surface area contributed by atoms with Gasteiger partial charge in [0.15, 0.2) is 0 Å². The van der Waals surface area contributed by atoms with E-state index in [0.29, 0.717) is 13.0 Å². The van der Waals surface area contributed by atoms with Gasteiger partial charge < -0.3 is 10.1 Å². The van der Waals surface area contributed by atoms with Gasteiger partial charge >= 0.3 is 0 Å². The number of nitrogens with one attached hydrogen (secondary N) is 1. The maximum Gasteiger partial charge on any atom is 0.220 e. The van der Waals surface area contributed by atoms with Gasteiger partial charge in [0.05, 0.1) is 6.61 Å². The second kappa shape index (κ2) is 7.32. The third-order valence-corrected chi connectivity index (χ3v) is 4.42. The summed E-state index contributed by atoms with van der Waals surface area (Å²) in [6, 6.07) is 20.2. The van der Waals surface area contributed by atoms with Crippen LogP contribution in [0.15, 0.2) is 60.7 Å². The maximum atomic E-state index is 12.0. The molecule has 3 heteroatoms. The highest BCUT2D eigenvalue weighted by Gasteiger charge is 2.44. The molecule has 1 aliphatic rings. The molecule has 0 heterocycles. The van der Waals surface area contributed by atoms with Crippen LogP contribution in [0.3, 0.4) is 0 Å². The summed E-state index contributed by atoms with van der Waals surface area (Å²) in [6.45, 7) is 1.32. The Labute approximate surface area is 137 Å². The van der Waals surface area contributed by atoms with Gasteiger partial charge in [0.25, 0.3) is 0 Å². The number of benzene rings is 2. The maximum absolute atomic E-state index is 12.0. The summed E-state index contributed by atoms with van der Waals surface area (Å²) in [5, 5.41) is 3.09. The van der Waals surface area contributed by atoms with E-state index in [2.05, 4.69) is 29.6 Å². The van der Waals surface area contributed by atoms with Crippen molar-refractivity contribution in [2.45, 2.75) is 31.1 Å². The predicted octanol–water partition coefficient (Wildman–Crippen LogP) is 3.69. The first-order valence-corrected chi connectivity index (χ1v) is 8.29. The molecule has 1 N–H and O–H groups in total. The predicted molar refractivity (Wildman–Crippen MR) is 91.5 cm³/mol. The molecule has 3 rings (SSSR count). The van der Waals surface area contributed by atoms with Gasteiger partial charge in [0.2, 0.25) is 5.91 Å². The quantitative estimate of drug-likeness (QED) is 0.755. The Hall–Kier alpha value is -2.29. The minimum Gasteiger partial charge on any atom is -0.494 e. The lowest BCUT2D eigenvalue weighted by Gasteiger charge is -2.16. The second-order valence-electron chi connectivity index (χ2n) is 6.19. The van der Waals surface area contributed by atoms with E-state index in [1.165, 1.54) is 5.56 Å². The van der Waals surface area contributed by atoms with Gasteiger partial charge in [-0.1, -0.05) is 48.5 Å². The normalized spacial score (nSPS) is 15.0. The van der Waals surface area contributed by atoms with Crippen molar-refractivity contribution in [2.75, 3.05) is 13.2 Å². The molecule has 1 amide bonds. The molecule has 0 atom stereocenters. The molecule has 1 fully saturated rings. The number of rotatable bonds is 8. The fourth-order valence-electron chi connectivity index (χ4n) is 2.81. The van der Waals surface area contributed by atoms with E-state index in [4.69, 9.17) is 4.74 Å². The van der Waals surface area contributed by atoms with Crippen LogP contribution in [0.4, 0.5) is 0 Å². The van der Waals surface area contributed by atoms with E-state index in [9.17, 15) is 4.79 Å². The summed E-state index contributed by atoms with van der Waals surface area (Å²) < 4.78 is 5.60. The first kappa shape index (κ1) is 15.6. The number of para-hydroxylation sites is 1. The van der Waals surface area contributed by atoms with Crippen LogP contribution in [0, 0.1) is 0 Å². The van der Waals surface area contributed by atoms with Gasteiger partial charge in [-0.05, 0) is 37.0 Å². The zero-order valence-corrected chi connectivity index (χ0v) is 13.3. The summed E-state index contributed by atoms with van der Waals surface area (Å²) in [4.78, 5) is 12.0. The van der Waals surface area contributed by atoms with Crippen molar-refractivity contribution in [3.8, 4) is 5.75 Å². The third kappa shape index (κ3) is 4.35. The summed E-state index contributed by atoms with van der Waals surface area (Å²) in [5.41, 5.74) is 1.52. The van der Waals surface area contributed by atoms with E-state index in [0.717, 1.165) is 31.6 Å². The van der Waals surface area contributed by atoms with E-state index >= 15 is 0 Å².